The molecule has 0 saturated heterocycles. The van der Waals surface area contributed by atoms with E-state index in [1.807, 2.05) is 13.8 Å². The van der Waals surface area contributed by atoms with Crippen LogP contribution in [0.5, 0.6) is 0 Å². The van der Waals surface area contributed by atoms with Crippen LogP contribution >= 0.6 is 15.9 Å². The molecule has 0 aliphatic rings. The fourth-order valence-electron chi connectivity index (χ4n) is 1.23. The summed E-state index contributed by atoms with van der Waals surface area (Å²) in [5.74, 6) is 0.00569. The number of H-pyrrole nitrogens is 1. The SMILES string of the molecule is CC(C)c1[nH]nc(C(F)(F)F)c1CBr. The number of hydrogen-bond acceptors (Lipinski definition) is 1. The van der Waals surface area contributed by atoms with Crippen LogP contribution in [0.4, 0.5) is 13.2 Å². The number of nitrogens with one attached hydrogen (secondary N) is 1. The molecule has 0 aromatic carbocycles. The Hall–Kier alpha value is -0.520. The van der Waals surface area contributed by atoms with Crippen molar-refractivity contribution in [2.24, 2.45) is 0 Å². The highest BCUT2D eigenvalue weighted by atomic mass is 79.9. The molecule has 0 saturated carbocycles. The van der Waals surface area contributed by atoms with E-state index < -0.39 is 11.9 Å². The van der Waals surface area contributed by atoms with Gasteiger partial charge < -0.3 is 0 Å². The van der Waals surface area contributed by atoms with Gasteiger partial charge in [-0.1, -0.05) is 29.8 Å². The zero-order valence-corrected chi connectivity index (χ0v) is 9.33. The molecule has 1 heterocycles. The maximum absolute atomic E-state index is 12.4. The van der Waals surface area contributed by atoms with E-state index in [2.05, 4.69) is 26.1 Å². The highest BCUT2D eigenvalue weighted by molar-refractivity contribution is 9.08. The summed E-state index contributed by atoms with van der Waals surface area (Å²) in [6.45, 7) is 3.64. The first kappa shape index (κ1) is 11.6. The van der Waals surface area contributed by atoms with Gasteiger partial charge in [0.15, 0.2) is 5.69 Å². The molecule has 0 aliphatic carbocycles. The second kappa shape index (κ2) is 3.92. The zero-order valence-electron chi connectivity index (χ0n) is 7.74. The lowest BCUT2D eigenvalue weighted by molar-refractivity contribution is -0.141. The number of halogens is 4. The van der Waals surface area contributed by atoms with Crippen molar-refractivity contribution in [1.29, 1.82) is 0 Å². The standard InChI is InChI=1S/C8H10BrF3N2/c1-4(2)6-5(3-9)7(14-13-6)8(10,11)12/h4H,3H2,1-2H3,(H,13,14). The van der Waals surface area contributed by atoms with Gasteiger partial charge in [-0.05, 0) is 5.92 Å². The van der Waals surface area contributed by atoms with E-state index in [9.17, 15) is 13.2 Å². The Bertz CT molecular complexity index is 317. The number of hydrogen-bond donors (Lipinski definition) is 1. The van der Waals surface area contributed by atoms with Crippen molar-refractivity contribution >= 4 is 15.9 Å². The van der Waals surface area contributed by atoms with E-state index in [1.54, 1.807) is 0 Å². The van der Waals surface area contributed by atoms with Crippen LogP contribution in [0.15, 0.2) is 0 Å². The molecular weight excluding hydrogens is 261 g/mol. The predicted octanol–water partition coefficient (Wildman–Crippen LogP) is 3.45. The molecule has 6 heteroatoms. The van der Waals surface area contributed by atoms with Gasteiger partial charge in [-0.3, -0.25) is 5.10 Å². The van der Waals surface area contributed by atoms with E-state index in [0.717, 1.165) is 0 Å². The lowest BCUT2D eigenvalue weighted by Crippen LogP contribution is -2.08. The van der Waals surface area contributed by atoms with Gasteiger partial charge in [-0.25, -0.2) is 0 Å². The molecule has 0 spiro atoms. The molecule has 80 valence electrons. The van der Waals surface area contributed by atoms with Gasteiger partial charge in [0.05, 0.1) is 0 Å². The molecule has 0 bridgehead atoms. The lowest BCUT2D eigenvalue weighted by atomic mass is 10.1. The molecule has 14 heavy (non-hydrogen) atoms. The van der Waals surface area contributed by atoms with Crippen molar-refractivity contribution in [1.82, 2.24) is 10.2 Å². The minimum absolute atomic E-state index is 0.00569. The second-order valence-corrected chi connectivity index (χ2v) is 3.81. The maximum atomic E-state index is 12.4. The Morgan fingerprint density at radius 1 is 1.43 bits per heavy atom. The molecule has 1 aromatic heterocycles. The predicted molar refractivity (Wildman–Crippen MR) is 50.3 cm³/mol. The summed E-state index contributed by atoms with van der Waals surface area (Å²) >= 11 is 3.04. The molecule has 1 rings (SSSR count). The molecule has 0 amide bonds. The molecular formula is C8H10BrF3N2. The number of nitrogens with zero attached hydrogens (tertiary/aromatic N) is 1. The van der Waals surface area contributed by atoms with Crippen LogP contribution < -0.4 is 0 Å². The molecule has 0 atom stereocenters. The first-order valence-corrected chi connectivity index (χ1v) is 5.20. The lowest BCUT2D eigenvalue weighted by Gasteiger charge is -2.07. The topological polar surface area (TPSA) is 28.7 Å². The first-order chi connectivity index (χ1) is 6.38. The fraction of sp³-hybridized carbons (Fsp3) is 0.625. The summed E-state index contributed by atoms with van der Waals surface area (Å²) in [6, 6.07) is 0. The van der Waals surface area contributed by atoms with Crippen LogP contribution in [0.3, 0.4) is 0 Å². The Labute approximate surface area is 88.0 Å². The van der Waals surface area contributed by atoms with Gasteiger partial charge in [0.1, 0.15) is 0 Å². The van der Waals surface area contributed by atoms with E-state index >= 15 is 0 Å². The average molecular weight is 271 g/mol. The Kier molecular flexibility index (Phi) is 3.24. The van der Waals surface area contributed by atoms with Gasteiger partial charge in [0.25, 0.3) is 0 Å². The van der Waals surface area contributed by atoms with Crippen LogP contribution in [0.25, 0.3) is 0 Å². The molecule has 0 aliphatic heterocycles. The van der Waals surface area contributed by atoms with Crippen LogP contribution in [0, 0.1) is 0 Å². The minimum atomic E-state index is -4.38. The summed E-state index contributed by atoms with van der Waals surface area (Å²) in [4.78, 5) is 0. The number of rotatable bonds is 2. The summed E-state index contributed by atoms with van der Waals surface area (Å²) in [7, 11) is 0. The quantitative estimate of drug-likeness (QED) is 0.820. The normalized spacial score (nSPS) is 12.5. The maximum Gasteiger partial charge on any atom is 0.435 e. The highest BCUT2D eigenvalue weighted by Crippen LogP contribution is 2.34. The minimum Gasteiger partial charge on any atom is -0.281 e. The molecule has 1 aromatic rings. The van der Waals surface area contributed by atoms with Crippen molar-refractivity contribution < 1.29 is 13.2 Å². The molecule has 1 N–H and O–H groups in total. The zero-order chi connectivity index (χ0) is 10.9. The van der Waals surface area contributed by atoms with Crippen LogP contribution in [0.2, 0.25) is 0 Å². The highest BCUT2D eigenvalue weighted by Gasteiger charge is 2.37. The van der Waals surface area contributed by atoms with E-state index in [0.29, 0.717) is 5.69 Å². The van der Waals surface area contributed by atoms with Crippen LogP contribution in [0.1, 0.15) is 36.7 Å². The summed E-state index contributed by atoms with van der Waals surface area (Å²) in [5.41, 5.74) is -0.0835. The van der Waals surface area contributed by atoms with Gasteiger partial charge in [0.2, 0.25) is 0 Å². The summed E-state index contributed by atoms with van der Waals surface area (Å²) in [5, 5.41) is 5.89. The average Bonchev–Trinajstić information content (AvgIpc) is 2.45. The molecule has 0 unspecified atom stereocenters. The van der Waals surface area contributed by atoms with E-state index in [-0.39, 0.29) is 16.8 Å². The number of aromatic nitrogens is 2. The fourth-order valence-corrected chi connectivity index (χ4v) is 1.79. The number of aromatic amines is 1. The largest absolute Gasteiger partial charge is 0.435 e. The van der Waals surface area contributed by atoms with Crippen molar-refractivity contribution in [3.63, 3.8) is 0 Å². The van der Waals surface area contributed by atoms with Crippen molar-refractivity contribution in [2.75, 3.05) is 0 Å². The van der Waals surface area contributed by atoms with Gasteiger partial charge >= 0.3 is 6.18 Å². The van der Waals surface area contributed by atoms with Crippen molar-refractivity contribution in [3.05, 3.63) is 17.0 Å². The Balaban J connectivity index is 3.21. The van der Waals surface area contributed by atoms with E-state index in [4.69, 9.17) is 0 Å². The monoisotopic (exact) mass is 270 g/mol. The summed E-state index contributed by atoms with van der Waals surface area (Å²) in [6.07, 6.45) is -4.38. The van der Waals surface area contributed by atoms with Crippen LogP contribution in [-0.4, -0.2) is 10.2 Å². The third-order valence-corrected chi connectivity index (χ3v) is 2.44. The molecule has 0 fully saturated rings. The van der Waals surface area contributed by atoms with Gasteiger partial charge in [0, 0.05) is 16.6 Å². The smallest absolute Gasteiger partial charge is 0.281 e. The summed E-state index contributed by atoms with van der Waals surface area (Å²) < 4.78 is 37.2. The van der Waals surface area contributed by atoms with Crippen LogP contribution in [-0.2, 0) is 11.5 Å². The Morgan fingerprint density at radius 2 is 2.00 bits per heavy atom. The molecule has 2 nitrogen and oxygen atoms in total. The second-order valence-electron chi connectivity index (χ2n) is 3.25. The van der Waals surface area contributed by atoms with E-state index in [1.165, 1.54) is 0 Å². The third-order valence-electron chi connectivity index (χ3n) is 1.88. The molecule has 0 radical (unpaired) electrons. The first-order valence-electron chi connectivity index (χ1n) is 4.08. The van der Waals surface area contributed by atoms with Gasteiger partial charge in [-0.15, -0.1) is 0 Å². The third kappa shape index (κ3) is 2.10. The van der Waals surface area contributed by atoms with Crippen molar-refractivity contribution in [2.45, 2.75) is 31.3 Å². The number of alkyl halides is 4. The van der Waals surface area contributed by atoms with Gasteiger partial charge in [-0.2, -0.15) is 18.3 Å². The Morgan fingerprint density at radius 3 is 2.36 bits per heavy atom. The van der Waals surface area contributed by atoms with Crippen molar-refractivity contribution in [3.8, 4) is 0 Å².